The van der Waals surface area contributed by atoms with E-state index in [1.54, 1.807) is 6.20 Å². The topological polar surface area (TPSA) is 60.9 Å². The number of hydrogen-bond donors (Lipinski definition) is 1. The average Bonchev–Trinajstić information content (AvgIpc) is 2.63. The molecule has 19 heavy (non-hydrogen) atoms. The third-order valence-electron chi connectivity index (χ3n) is 3.26. The average molecular weight is 259 g/mol. The second kappa shape index (κ2) is 4.37. The number of hydrogen-bond acceptors (Lipinski definition) is 2. The van der Waals surface area contributed by atoms with E-state index < -0.39 is 5.91 Å². The summed E-state index contributed by atoms with van der Waals surface area (Å²) in [5.74, 6) is -0.392. The number of carbonyl (C=O) groups excluding carboxylic acids is 1. The fraction of sp³-hybridized carbons (Fsp3) is 0.467. The van der Waals surface area contributed by atoms with Gasteiger partial charge in [0.25, 0.3) is 5.91 Å². The first-order chi connectivity index (χ1) is 8.75. The molecule has 0 aliphatic heterocycles. The summed E-state index contributed by atoms with van der Waals surface area (Å²) in [6, 6.07) is 4.04. The van der Waals surface area contributed by atoms with Crippen LogP contribution in [0.15, 0.2) is 18.3 Å². The van der Waals surface area contributed by atoms with E-state index in [0.717, 1.165) is 16.6 Å². The molecule has 2 N–H and O–H groups in total. The number of nitrogens with zero attached hydrogens (tertiary/aromatic N) is 2. The first-order valence-electron chi connectivity index (χ1n) is 6.54. The molecule has 102 valence electrons. The smallest absolute Gasteiger partial charge is 0.265 e. The molecule has 0 saturated carbocycles. The normalized spacial score (nSPS) is 12.3. The van der Waals surface area contributed by atoms with Crippen molar-refractivity contribution in [1.82, 2.24) is 9.55 Å². The van der Waals surface area contributed by atoms with Crippen LogP contribution in [0.25, 0.3) is 11.0 Å². The highest BCUT2D eigenvalue weighted by molar-refractivity contribution is 6.00. The summed E-state index contributed by atoms with van der Waals surface area (Å²) in [5, 5.41) is 1.01. The van der Waals surface area contributed by atoms with Crippen molar-refractivity contribution < 1.29 is 4.79 Å². The maximum absolute atomic E-state index is 11.9. The van der Waals surface area contributed by atoms with Crippen LogP contribution in [-0.4, -0.2) is 15.5 Å². The van der Waals surface area contributed by atoms with Gasteiger partial charge in [-0.15, -0.1) is 0 Å². The van der Waals surface area contributed by atoms with E-state index in [-0.39, 0.29) is 11.5 Å². The van der Waals surface area contributed by atoms with Crippen LogP contribution in [0.3, 0.4) is 0 Å². The molecule has 1 amide bonds. The molecule has 0 saturated heterocycles. The van der Waals surface area contributed by atoms with Gasteiger partial charge in [-0.05, 0) is 37.0 Å². The van der Waals surface area contributed by atoms with Crippen LogP contribution in [0.1, 0.15) is 56.7 Å². The van der Waals surface area contributed by atoms with E-state index in [0.29, 0.717) is 5.69 Å². The highest BCUT2D eigenvalue weighted by Crippen LogP contribution is 2.36. The molecule has 2 rings (SSSR count). The predicted molar refractivity (Wildman–Crippen MR) is 77.3 cm³/mol. The number of aromatic nitrogens is 2. The monoisotopic (exact) mass is 259 g/mol. The van der Waals surface area contributed by atoms with Crippen LogP contribution in [0.4, 0.5) is 0 Å². The second-order valence-electron chi connectivity index (χ2n) is 6.18. The lowest BCUT2D eigenvalue weighted by atomic mass is 9.85. The number of fused-ring (bicyclic) bond motifs is 1. The Hall–Kier alpha value is -1.84. The van der Waals surface area contributed by atoms with E-state index in [1.165, 1.54) is 0 Å². The van der Waals surface area contributed by atoms with Gasteiger partial charge < -0.3 is 10.3 Å². The molecule has 0 unspecified atom stereocenters. The molecular formula is C15H21N3O. The van der Waals surface area contributed by atoms with Gasteiger partial charge in [0.15, 0.2) is 0 Å². The Kier molecular flexibility index (Phi) is 3.12. The zero-order valence-electron chi connectivity index (χ0n) is 12.2. The molecule has 0 atom stereocenters. The zero-order valence-corrected chi connectivity index (χ0v) is 12.2. The van der Waals surface area contributed by atoms with Crippen molar-refractivity contribution in [3.05, 3.63) is 29.6 Å². The van der Waals surface area contributed by atoms with Crippen molar-refractivity contribution in [3.8, 4) is 0 Å². The van der Waals surface area contributed by atoms with Gasteiger partial charge in [0, 0.05) is 17.6 Å². The van der Waals surface area contributed by atoms with Gasteiger partial charge in [-0.1, -0.05) is 20.8 Å². The summed E-state index contributed by atoms with van der Waals surface area (Å²) in [7, 11) is 0. The fourth-order valence-corrected chi connectivity index (χ4v) is 2.64. The minimum atomic E-state index is -0.392. The van der Waals surface area contributed by atoms with Gasteiger partial charge in [-0.3, -0.25) is 4.79 Å². The van der Waals surface area contributed by atoms with Gasteiger partial charge in [-0.2, -0.15) is 0 Å². The first kappa shape index (κ1) is 13.6. The third kappa shape index (κ3) is 2.11. The number of primary amides is 1. The van der Waals surface area contributed by atoms with Gasteiger partial charge in [0.1, 0.15) is 11.3 Å². The van der Waals surface area contributed by atoms with Crippen molar-refractivity contribution in [3.63, 3.8) is 0 Å². The van der Waals surface area contributed by atoms with E-state index in [9.17, 15) is 4.79 Å². The molecular weight excluding hydrogens is 238 g/mol. The molecule has 0 fully saturated rings. The summed E-state index contributed by atoms with van der Waals surface area (Å²) < 4.78 is 1.94. The minimum Gasteiger partial charge on any atom is -0.364 e. The predicted octanol–water partition coefficient (Wildman–Crippen LogP) is 3.01. The molecule has 2 heterocycles. The second-order valence-corrected chi connectivity index (χ2v) is 6.18. The summed E-state index contributed by atoms with van der Waals surface area (Å²) in [4.78, 5) is 16.4. The van der Waals surface area contributed by atoms with Crippen molar-refractivity contribution in [2.24, 2.45) is 5.73 Å². The molecule has 2 aromatic heterocycles. The Bertz CT molecular complexity index is 633. The molecule has 0 aliphatic rings. The van der Waals surface area contributed by atoms with Crippen molar-refractivity contribution in [2.45, 2.75) is 46.1 Å². The number of rotatable bonds is 2. The van der Waals surface area contributed by atoms with Crippen molar-refractivity contribution >= 4 is 16.9 Å². The number of amides is 1. The highest BCUT2D eigenvalue weighted by Gasteiger charge is 2.30. The zero-order chi connectivity index (χ0) is 14.4. The maximum Gasteiger partial charge on any atom is 0.265 e. The van der Waals surface area contributed by atoms with Gasteiger partial charge in [-0.25, -0.2) is 4.98 Å². The highest BCUT2D eigenvalue weighted by atomic mass is 16.1. The fourth-order valence-electron chi connectivity index (χ4n) is 2.64. The van der Waals surface area contributed by atoms with Gasteiger partial charge in [0.2, 0.25) is 0 Å². The lowest BCUT2D eigenvalue weighted by Gasteiger charge is -2.20. The lowest BCUT2D eigenvalue weighted by Crippen LogP contribution is -2.24. The van der Waals surface area contributed by atoms with Crippen LogP contribution >= 0.6 is 0 Å². The molecule has 0 aromatic carbocycles. The van der Waals surface area contributed by atoms with E-state index in [4.69, 9.17) is 5.73 Å². The van der Waals surface area contributed by atoms with Gasteiger partial charge >= 0.3 is 0 Å². The lowest BCUT2D eigenvalue weighted by molar-refractivity contribution is 0.0988. The van der Waals surface area contributed by atoms with Crippen LogP contribution < -0.4 is 5.73 Å². The summed E-state index contributed by atoms with van der Waals surface area (Å²) in [6.45, 7) is 10.3. The quantitative estimate of drug-likeness (QED) is 0.901. The Morgan fingerprint density at radius 2 is 2.00 bits per heavy atom. The van der Waals surface area contributed by atoms with Crippen molar-refractivity contribution in [1.29, 1.82) is 0 Å². The molecule has 2 aromatic rings. The third-order valence-corrected chi connectivity index (χ3v) is 3.26. The Morgan fingerprint density at radius 1 is 1.37 bits per heavy atom. The van der Waals surface area contributed by atoms with Crippen LogP contribution in [-0.2, 0) is 5.41 Å². The minimum absolute atomic E-state index is 0.135. The summed E-state index contributed by atoms with van der Waals surface area (Å²) >= 11 is 0. The van der Waals surface area contributed by atoms with E-state index in [1.807, 2.05) is 30.5 Å². The maximum atomic E-state index is 11.9. The number of nitrogens with two attached hydrogens (primary N) is 1. The Morgan fingerprint density at radius 3 is 2.47 bits per heavy atom. The largest absolute Gasteiger partial charge is 0.364 e. The SMILES string of the molecule is CC(C)n1c(C(N)=O)c(C(C)(C)C)c2cccnc21. The van der Waals surface area contributed by atoms with E-state index in [2.05, 4.69) is 25.8 Å². The van der Waals surface area contributed by atoms with Crippen LogP contribution in [0.2, 0.25) is 0 Å². The van der Waals surface area contributed by atoms with Crippen LogP contribution in [0, 0.1) is 0 Å². The number of carbonyl (C=O) groups is 1. The molecule has 0 radical (unpaired) electrons. The first-order valence-corrected chi connectivity index (χ1v) is 6.54. The van der Waals surface area contributed by atoms with Crippen molar-refractivity contribution in [2.75, 3.05) is 0 Å². The molecule has 0 bridgehead atoms. The molecule has 0 aliphatic carbocycles. The molecule has 4 nitrogen and oxygen atoms in total. The summed E-state index contributed by atoms with van der Waals surface area (Å²) in [6.07, 6.45) is 1.75. The van der Waals surface area contributed by atoms with Gasteiger partial charge in [0.05, 0.1) is 0 Å². The Labute approximate surface area is 113 Å². The molecule has 4 heteroatoms. The standard InChI is InChI=1S/C15H21N3O/c1-9(2)18-12(13(16)19)11(15(3,4)5)10-7-6-8-17-14(10)18/h6-9H,1-5H3,(H2,16,19). The van der Waals surface area contributed by atoms with E-state index >= 15 is 0 Å². The molecule has 0 spiro atoms. The van der Waals surface area contributed by atoms with Crippen LogP contribution in [0.5, 0.6) is 0 Å². The number of pyridine rings is 1. The Balaban J connectivity index is 3.00. The summed E-state index contributed by atoms with van der Waals surface area (Å²) in [5.41, 5.74) is 7.86.